The van der Waals surface area contributed by atoms with Gasteiger partial charge in [-0.25, -0.2) is 4.99 Å². The number of ether oxygens (including phenoxy) is 9. The van der Waals surface area contributed by atoms with Crippen LogP contribution in [0.1, 0.15) is 37.3 Å². The Kier molecular flexibility index (Phi) is 24.5. The first-order valence-electron chi connectivity index (χ1n) is 16.1. The van der Waals surface area contributed by atoms with Crippen molar-refractivity contribution in [2.75, 3.05) is 112 Å². The Balaban J connectivity index is 1.27. The molecule has 0 fully saturated rings. The van der Waals surface area contributed by atoms with Crippen molar-refractivity contribution in [1.82, 2.24) is 5.32 Å². The third kappa shape index (κ3) is 22.8. The predicted molar refractivity (Wildman–Crippen MR) is 173 cm³/mol. The molecule has 14 nitrogen and oxygen atoms in total. The molecule has 0 radical (unpaired) electrons. The molecule has 46 heavy (non-hydrogen) atoms. The Morgan fingerprint density at radius 3 is 1.57 bits per heavy atom. The topological polar surface area (TPSA) is 163 Å². The number of nitrogens with two attached hydrogens (primary N) is 1. The molecule has 1 heterocycles. The summed E-state index contributed by atoms with van der Waals surface area (Å²) in [6, 6.07) is 8.11. The summed E-state index contributed by atoms with van der Waals surface area (Å²) < 4.78 is 49.1. The Labute approximate surface area is 273 Å². The zero-order valence-corrected chi connectivity index (χ0v) is 27.4. The summed E-state index contributed by atoms with van der Waals surface area (Å²) in [5.74, 6) is 0.463. The first-order valence-corrected chi connectivity index (χ1v) is 16.1. The Morgan fingerprint density at radius 2 is 1.11 bits per heavy atom. The third-order valence-electron chi connectivity index (χ3n) is 6.16. The molecule has 0 unspecified atom stereocenters. The number of rotatable bonds is 30. The number of nitrogens with one attached hydrogen (secondary N) is 1. The van der Waals surface area contributed by atoms with Gasteiger partial charge in [0.15, 0.2) is 0 Å². The van der Waals surface area contributed by atoms with Crippen LogP contribution < -0.4 is 11.1 Å². The SMILES string of the molecule is CCCOCCOCCOCCOCCOCCOCCOCCOCCC(=O)NCc1ccc(COC2=NCCC(N)=N2)cc1. The van der Waals surface area contributed by atoms with E-state index in [1.165, 1.54) is 0 Å². The average molecular weight is 655 g/mol. The molecule has 1 aliphatic rings. The average Bonchev–Trinajstić information content (AvgIpc) is 3.07. The van der Waals surface area contributed by atoms with Crippen molar-refractivity contribution >= 4 is 17.8 Å². The minimum Gasteiger partial charge on any atom is -0.459 e. The van der Waals surface area contributed by atoms with Gasteiger partial charge in [-0.2, -0.15) is 4.99 Å². The van der Waals surface area contributed by atoms with Crippen molar-refractivity contribution in [3.05, 3.63) is 35.4 Å². The van der Waals surface area contributed by atoms with Crippen molar-refractivity contribution in [3.8, 4) is 0 Å². The fourth-order valence-corrected chi connectivity index (χ4v) is 3.70. The van der Waals surface area contributed by atoms with Gasteiger partial charge in [0, 0.05) is 26.0 Å². The number of benzene rings is 1. The van der Waals surface area contributed by atoms with Crippen LogP contribution in [0.5, 0.6) is 0 Å². The molecular weight excluding hydrogens is 600 g/mol. The van der Waals surface area contributed by atoms with Crippen molar-refractivity contribution < 1.29 is 47.4 Å². The number of carbonyl (C=O) groups excluding carboxylic acids is 1. The predicted octanol–water partition coefficient (Wildman–Crippen LogP) is 1.87. The van der Waals surface area contributed by atoms with E-state index < -0.39 is 0 Å². The van der Waals surface area contributed by atoms with E-state index in [4.69, 9.17) is 48.4 Å². The van der Waals surface area contributed by atoms with Crippen molar-refractivity contribution in [2.45, 2.75) is 39.3 Å². The molecule has 14 heteroatoms. The number of nitrogens with zero attached hydrogens (tertiary/aromatic N) is 2. The third-order valence-corrected chi connectivity index (χ3v) is 6.16. The van der Waals surface area contributed by atoms with E-state index in [0.717, 1.165) is 24.2 Å². The van der Waals surface area contributed by atoms with Gasteiger partial charge in [0.25, 0.3) is 0 Å². The summed E-state index contributed by atoms with van der Waals surface area (Å²) in [4.78, 5) is 20.4. The van der Waals surface area contributed by atoms with Gasteiger partial charge in [0.1, 0.15) is 12.4 Å². The molecule has 2 rings (SSSR count). The highest BCUT2D eigenvalue weighted by Crippen LogP contribution is 2.08. The number of carbonyl (C=O) groups is 1. The van der Waals surface area contributed by atoms with Crippen LogP contribution in [0.15, 0.2) is 34.3 Å². The summed E-state index contributed by atoms with van der Waals surface area (Å²) >= 11 is 0. The fraction of sp³-hybridized carbons (Fsp3) is 0.719. The van der Waals surface area contributed by atoms with E-state index in [-0.39, 0.29) is 12.3 Å². The van der Waals surface area contributed by atoms with Crippen LogP contribution in [0.3, 0.4) is 0 Å². The smallest absolute Gasteiger partial charge is 0.313 e. The first kappa shape index (κ1) is 39.5. The number of amides is 1. The van der Waals surface area contributed by atoms with E-state index >= 15 is 0 Å². The van der Waals surface area contributed by atoms with Crippen molar-refractivity contribution in [2.24, 2.45) is 15.7 Å². The van der Waals surface area contributed by atoms with Crippen LogP contribution >= 0.6 is 0 Å². The highest BCUT2D eigenvalue weighted by Gasteiger charge is 2.07. The lowest BCUT2D eigenvalue weighted by Crippen LogP contribution is -2.24. The van der Waals surface area contributed by atoms with E-state index in [2.05, 4.69) is 22.2 Å². The van der Waals surface area contributed by atoms with Gasteiger partial charge in [-0.3, -0.25) is 4.79 Å². The molecule has 1 aromatic rings. The molecule has 0 aliphatic carbocycles. The molecule has 0 aromatic heterocycles. The summed E-state index contributed by atoms with van der Waals surface area (Å²) in [5, 5.41) is 2.90. The normalized spacial score (nSPS) is 13.0. The molecule has 3 N–H and O–H groups in total. The molecule has 0 atom stereocenters. The fourth-order valence-electron chi connectivity index (χ4n) is 3.70. The minimum absolute atomic E-state index is 0.0727. The monoisotopic (exact) mass is 654 g/mol. The molecule has 0 saturated heterocycles. The summed E-state index contributed by atoms with van der Waals surface area (Å²) in [7, 11) is 0. The van der Waals surface area contributed by atoms with Gasteiger partial charge in [0.05, 0.1) is 106 Å². The molecule has 0 saturated carbocycles. The molecule has 0 spiro atoms. The lowest BCUT2D eigenvalue weighted by atomic mass is 10.1. The van der Waals surface area contributed by atoms with Crippen LogP contribution in [-0.2, 0) is 60.6 Å². The maximum absolute atomic E-state index is 12.1. The number of hydrogen-bond donors (Lipinski definition) is 2. The quantitative estimate of drug-likeness (QED) is 0.117. The lowest BCUT2D eigenvalue weighted by molar-refractivity contribution is -0.122. The number of amidine groups is 2. The Hall–Kier alpha value is -2.69. The van der Waals surface area contributed by atoms with Crippen molar-refractivity contribution in [3.63, 3.8) is 0 Å². The molecule has 1 aromatic carbocycles. The van der Waals surface area contributed by atoms with E-state index in [0.29, 0.717) is 137 Å². The van der Waals surface area contributed by atoms with Gasteiger partial charge >= 0.3 is 6.02 Å². The minimum atomic E-state index is -0.0727. The second-order valence-electron chi connectivity index (χ2n) is 10.0. The highest BCUT2D eigenvalue weighted by atomic mass is 16.6. The van der Waals surface area contributed by atoms with Gasteiger partial charge in [0.2, 0.25) is 5.91 Å². The van der Waals surface area contributed by atoms with Crippen molar-refractivity contribution in [1.29, 1.82) is 0 Å². The summed E-state index contributed by atoms with van der Waals surface area (Å²) in [5.41, 5.74) is 7.68. The van der Waals surface area contributed by atoms with Crippen LogP contribution in [-0.4, -0.2) is 130 Å². The Bertz CT molecular complexity index is 949. The second-order valence-corrected chi connectivity index (χ2v) is 10.0. The van der Waals surface area contributed by atoms with Gasteiger partial charge in [-0.05, 0) is 17.5 Å². The zero-order chi connectivity index (χ0) is 32.8. The standard InChI is InChI=1S/C32H54N4O10/c1-2-10-38-12-14-40-16-18-42-20-22-44-24-25-45-23-21-43-19-17-41-15-13-39-11-8-31(37)35-26-28-3-5-29(6-4-28)27-46-32-34-9-7-30(33)36-32/h3-6H,2,7-27H2,1H3,(H,35,37)(H2,33,34,36). The van der Waals surface area contributed by atoms with E-state index in [9.17, 15) is 4.79 Å². The maximum Gasteiger partial charge on any atom is 0.313 e. The molecule has 0 bridgehead atoms. The molecular formula is C32H54N4O10. The van der Waals surface area contributed by atoms with Gasteiger partial charge < -0.3 is 53.7 Å². The Morgan fingerprint density at radius 1 is 0.674 bits per heavy atom. The van der Waals surface area contributed by atoms with Gasteiger partial charge in [-0.15, -0.1) is 0 Å². The number of aliphatic imine (C=N–C) groups is 2. The van der Waals surface area contributed by atoms with Gasteiger partial charge in [-0.1, -0.05) is 31.2 Å². The largest absolute Gasteiger partial charge is 0.459 e. The number of hydrogen-bond acceptors (Lipinski definition) is 13. The first-order chi connectivity index (χ1) is 22.7. The highest BCUT2D eigenvalue weighted by molar-refractivity contribution is 5.94. The summed E-state index contributed by atoms with van der Waals surface area (Å²) in [6.07, 6.45) is 1.96. The van der Waals surface area contributed by atoms with Crippen LogP contribution in [0, 0.1) is 0 Å². The second kappa shape index (κ2) is 28.5. The summed E-state index contributed by atoms with van der Waals surface area (Å²) in [6.45, 7) is 11.7. The van der Waals surface area contributed by atoms with Crippen LogP contribution in [0.2, 0.25) is 0 Å². The van der Waals surface area contributed by atoms with E-state index in [1.54, 1.807) is 0 Å². The lowest BCUT2D eigenvalue weighted by Gasteiger charge is -2.11. The molecule has 1 aliphatic heterocycles. The van der Waals surface area contributed by atoms with E-state index in [1.807, 2.05) is 24.3 Å². The molecule has 1 amide bonds. The molecule has 262 valence electrons. The zero-order valence-electron chi connectivity index (χ0n) is 27.4. The van der Waals surface area contributed by atoms with Crippen LogP contribution in [0.25, 0.3) is 0 Å². The van der Waals surface area contributed by atoms with Crippen LogP contribution in [0.4, 0.5) is 0 Å². The maximum atomic E-state index is 12.1.